The predicted octanol–water partition coefficient (Wildman–Crippen LogP) is 2.98. The largest absolute Gasteiger partial charge is 0.480 e. The fourth-order valence-electron chi connectivity index (χ4n) is 1.63. The van der Waals surface area contributed by atoms with Gasteiger partial charge in [0.15, 0.2) is 0 Å². The van der Waals surface area contributed by atoms with Crippen LogP contribution in [-0.4, -0.2) is 49.2 Å². The first-order chi connectivity index (χ1) is 9.12. The SMILES string of the molecule is CCCCN(CCCC)CCCC.CNCC(=O)O. The van der Waals surface area contributed by atoms with Crippen LogP contribution >= 0.6 is 0 Å². The number of carboxylic acids is 1. The van der Waals surface area contributed by atoms with E-state index >= 15 is 0 Å². The van der Waals surface area contributed by atoms with Crippen molar-refractivity contribution in [2.75, 3.05) is 33.2 Å². The summed E-state index contributed by atoms with van der Waals surface area (Å²) in [6.45, 7) is 10.8. The van der Waals surface area contributed by atoms with Gasteiger partial charge < -0.3 is 15.3 Å². The Morgan fingerprint density at radius 2 is 1.32 bits per heavy atom. The van der Waals surface area contributed by atoms with Gasteiger partial charge in [0.2, 0.25) is 0 Å². The third-order valence-electron chi connectivity index (χ3n) is 2.81. The van der Waals surface area contributed by atoms with Crippen LogP contribution in [0.25, 0.3) is 0 Å². The second-order valence-electron chi connectivity index (χ2n) is 4.83. The molecule has 0 saturated heterocycles. The van der Waals surface area contributed by atoms with Gasteiger partial charge in [0.25, 0.3) is 0 Å². The van der Waals surface area contributed by atoms with Crippen LogP contribution < -0.4 is 5.32 Å². The summed E-state index contributed by atoms with van der Waals surface area (Å²) in [5.74, 6) is -0.822. The molecule has 0 aliphatic rings. The van der Waals surface area contributed by atoms with Gasteiger partial charge in [-0.1, -0.05) is 40.0 Å². The molecule has 19 heavy (non-hydrogen) atoms. The van der Waals surface area contributed by atoms with Crippen molar-refractivity contribution in [3.63, 3.8) is 0 Å². The maximum absolute atomic E-state index is 9.54. The van der Waals surface area contributed by atoms with Crippen molar-refractivity contribution in [2.24, 2.45) is 0 Å². The predicted molar refractivity (Wildman–Crippen MR) is 82.7 cm³/mol. The van der Waals surface area contributed by atoms with E-state index in [-0.39, 0.29) is 6.54 Å². The summed E-state index contributed by atoms with van der Waals surface area (Å²) in [7, 11) is 1.59. The average molecular weight is 274 g/mol. The highest BCUT2D eigenvalue weighted by atomic mass is 16.4. The molecule has 0 saturated carbocycles. The van der Waals surface area contributed by atoms with Crippen molar-refractivity contribution in [1.29, 1.82) is 0 Å². The first kappa shape index (κ1) is 20.7. The second-order valence-corrected chi connectivity index (χ2v) is 4.83. The third kappa shape index (κ3) is 19.9. The fourth-order valence-corrected chi connectivity index (χ4v) is 1.63. The molecule has 0 aliphatic carbocycles. The van der Waals surface area contributed by atoms with Gasteiger partial charge in [-0.25, -0.2) is 0 Å². The topological polar surface area (TPSA) is 52.6 Å². The summed E-state index contributed by atoms with van der Waals surface area (Å²) >= 11 is 0. The third-order valence-corrected chi connectivity index (χ3v) is 2.81. The van der Waals surface area contributed by atoms with Gasteiger partial charge in [-0.05, 0) is 45.9 Å². The molecule has 4 heteroatoms. The van der Waals surface area contributed by atoms with Crippen LogP contribution in [0.4, 0.5) is 0 Å². The zero-order valence-electron chi connectivity index (χ0n) is 13.4. The Labute approximate surface area is 119 Å². The first-order valence-corrected chi connectivity index (χ1v) is 7.70. The maximum Gasteiger partial charge on any atom is 0.317 e. The van der Waals surface area contributed by atoms with Gasteiger partial charge in [0, 0.05) is 0 Å². The lowest BCUT2D eigenvalue weighted by molar-refractivity contribution is -0.135. The van der Waals surface area contributed by atoms with Gasteiger partial charge in [0.1, 0.15) is 0 Å². The van der Waals surface area contributed by atoms with Crippen LogP contribution in [0.1, 0.15) is 59.3 Å². The maximum atomic E-state index is 9.54. The molecule has 2 N–H and O–H groups in total. The first-order valence-electron chi connectivity index (χ1n) is 7.70. The molecule has 0 bridgehead atoms. The van der Waals surface area contributed by atoms with Gasteiger partial charge in [-0.15, -0.1) is 0 Å². The zero-order valence-corrected chi connectivity index (χ0v) is 13.4. The molecule has 0 aromatic carbocycles. The van der Waals surface area contributed by atoms with Crippen molar-refractivity contribution < 1.29 is 9.90 Å². The molecule has 116 valence electrons. The van der Waals surface area contributed by atoms with E-state index in [1.54, 1.807) is 7.05 Å². The average Bonchev–Trinajstić information content (AvgIpc) is 2.38. The number of nitrogens with one attached hydrogen (secondary N) is 1. The zero-order chi connectivity index (χ0) is 14.9. The van der Waals surface area contributed by atoms with Crippen LogP contribution in [0.3, 0.4) is 0 Å². The number of nitrogens with zero attached hydrogens (tertiary/aromatic N) is 1. The lowest BCUT2D eigenvalue weighted by Gasteiger charge is -2.21. The molecular formula is C15H34N2O2. The van der Waals surface area contributed by atoms with E-state index < -0.39 is 5.97 Å². The van der Waals surface area contributed by atoms with E-state index in [9.17, 15) is 4.79 Å². The van der Waals surface area contributed by atoms with Crippen molar-refractivity contribution in [3.05, 3.63) is 0 Å². The van der Waals surface area contributed by atoms with Crippen LogP contribution in [0.5, 0.6) is 0 Å². The Hall–Kier alpha value is -0.610. The van der Waals surface area contributed by atoms with Gasteiger partial charge >= 0.3 is 5.97 Å². The number of aliphatic carboxylic acids is 1. The fraction of sp³-hybridized carbons (Fsp3) is 0.933. The standard InChI is InChI=1S/C12H27N.C3H7NO2/c1-4-7-10-13(11-8-5-2)12-9-6-3;1-4-2-3(5)6/h4-12H2,1-3H3;4H,2H2,1H3,(H,5,6). The minimum absolute atomic E-state index is 0.0417. The molecule has 0 rings (SSSR count). The number of hydrogen-bond acceptors (Lipinski definition) is 3. The van der Waals surface area contributed by atoms with E-state index in [1.807, 2.05) is 0 Å². The Balaban J connectivity index is 0. The summed E-state index contributed by atoms with van der Waals surface area (Å²) < 4.78 is 0. The lowest BCUT2D eigenvalue weighted by Crippen LogP contribution is -2.27. The van der Waals surface area contributed by atoms with Crippen molar-refractivity contribution in [2.45, 2.75) is 59.3 Å². The van der Waals surface area contributed by atoms with Crippen molar-refractivity contribution in [1.82, 2.24) is 10.2 Å². The molecule has 0 unspecified atom stereocenters. The van der Waals surface area contributed by atoms with E-state index in [2.05, 4.69) is 31.0 Å². The summed E-state index contributed by atoms with van der Waals surface area (Å²) in [5.41, 5.74) is 0. The summed E-state index contributed by atoms with van der Waals surface area (Å²) in [4.78, 5) is 12.2. The Bertz CT molecular complexity index is 168. The summed E-state index contributed by atoms with van der Waals surface area (Å²) in [5, 5.41) is 10.3. The molecule has 4 nitrogen and oxygen atoms in total. The molecule has 0 spiro atoms. The Morgan fingerprint density at radius 1 is 0.947 bits per heavy atom. The summed E-state index contributed by atoms with van der Waals surface area (Å²) in [6.07, 6.45) is 8.09. The van der Waals surface area contributed by atoms with E-state index in [0.717, 1.165) is 0 Å². The van der Waals surface area contributed by atoms with E-state index in [1.165, 1.54) is 58.2 Å². The normalized spacial score (nSPS) is 10.2. The molecule has 0 aliphatic heterocycles. The Kier molecular flexibility index (Phi) is 18.9. The van der Waals surface area contributed by atoms with Gasteiger partial charge in [-0.3, -0.25) is 4.79 Å². The van der Waals surface area contributed by atoms with Gasteiger partial charge in [0.05, 0.1) is 6.54 Å². The highest BCUT2D eigenvalue weighted by Gasteiger charge is 2.01. The van der Waals surface area contributed by atoms with E-state index in [0.29, 0.717) is 0 Å². The highest BCUT2D eigenvalue weighted by Crippen LogP contribution is 2.01. The van der Waals surface area contributed by atoms with Crippen LogP contribution in [-0.2, 0) is 4.79 Å². The van der Waals surface area contributed by atoms with Crippen LogP contribution in [0.15, 0.2) is 0 Å². The molecule has 0 radical (unpaired) electrons. The van der Waals surface area contributed by atoms with Crippen LogP contribution in [0, 0.1) is 0 Å². The second kappa shape index (κ2) is 17.4. The quantitative estimate of drug-likeness (QED) is 0.608. The number of carboxylic acid groups (broad SMARTS) is 1. The highest BCUT2D eigenvalue weighted by molar-refractivity contribution is 5.68. The monoisotopic (exact) mass is 274 g/mol. The molecule has 0 fully saturated rings. The van der Waals surface area contributed by atoms with E-state index in [4.69, 9.17) is 5.11 Å². The molecule has 0 amide bonds. The number of rotatable bonds is 11. The van der Waals surface area contributed by atoms with Crippen molar-refractivity contribution in [3.8, 4) is 0 Å². The van der Waals surface area contributed by atoms with Crippen LogP contribution in [0.2, 0.25) is 0 Å². The number of carbonyl (C=O) groups is 1. The minimum atomic E-state index is -0.822. The lowest BCUT2D eigenvalue weighted by atomic mass is 10.2. The minimum Gasteiger partial charge on any atom is -0.480 e. The number of hydrogen-bond donors (Lipinski definition) is 2. The molecule has 0 atom stereocenters. The number of unbranched alkanes of at least 4 members (excludes halogenated alkanes) is 3. The summed E-state index contributed by atoms with van der Waals surface area (Å²) in [6, 6.07) is 0. The molecular weight excluding hydrogens is 240 g/mol. The molecule has 0 aromatic rings. The Morgan fingerprint density at radius 3 is 1.47 bits per heavy atom. The smallest absolute Gasteiger partial charge is 0.317 e. The van der Waals surface area contributed by atoms with Gasteiger partial charge in [-0.2, -0.15) is 0 Å². The molecule has 0 heterocycles. The molecule has 0 aromatic heterocycles. The van der Waals surface area contributed by atoms with Crippen molar-refractivity contribution >= 4 is 5.97 Å². The number of likely N-dealkylation sites (N-methyl/N-ethyl adjacent to an activating group) is 1.